The van der Waals surface area contributed by atoms with Gasteiger partial charge in [0.25, 0.3) is 0 Å². The molecule has 0 N–H and O–H groups in total. The van der Waals surface area contributed by atoms with Crippen LogP contribution in [0, 0.1) is 19.8 Å². The lowest BCUT2D eigenvalue weighted by Gasteiger charge is -2.18. The van der Waals surface area contributed by atoms with Crippen molar-refractivity contribution in [3.05, 3.63) is 33.3 Å². The Morgan fingerprint density at radius 1 is 1.31 bits per heavy atom. The van der Waals surface area contributed by atoms with E-state index in [-0.39, 0.29) is 5.38 Å². The highest BCUT2D eigenvalue weighted by molar-refractivity contribution is 6.31. The third-order valence-corrected chi connectivity index (χ3v) is 4.51. The fourth-order valence-corrected chi connectivity index (χ4v) is 3.55. The van der Waals surface area contributed by atoms with Gasteiger partial charge in [-0.05, 0) is 67.3 Å². The average Bonchev–Trinajstić information content (AvgIpc) is 2.34. The standard InChI is InChI=1S/C14H18Cl2/c1-8-4-5-11-9(2)7-12(15)10(3)14(11)13(16)6-8/h7-8,13H,4-6H2,1-3H3. The predicted molar refractivity (Wildman–Crippen MR) is 71.6 cm³/mol. The van der Waals surface area contributed by atoms with Crippen LogP contribution in [0.25, 0.3) is 0 Å². The number of hydrogen-bond acceptors (Lipinski definition) is 0. The summed E-state index contributed by atoms with van der Waals surface area (Å²) in [6, 6.07) is 2.08. The lowest BCUT2D eigenvalue weighted by atomic mass is 9.93. The molecule has 1 aliphatic rings. The predicted octanol–water partition coefficient (Wildman–Crippen LogP) is 5.21. The van der Waals surface area contributed by atoms with E-state index >= 15 is 0 Å². The Morgan fingerprint density at radius 3 is 2.69 bits per heavy atom. The van der Waals surface area contributed by atoms with Gasteiger partial charge in [0.1, 0.15) is 0 Å². The van der Waals surface area contributed by atoms with Crippen molar-refractivity contribution in [2.24, 2.45) is 5.92 Å². The van der Waals surface area contributed by atoms with Gasteiger partial charge in [-0.3, -0.25) is 0 Å². The molecule has 1 aliphatic carbocycles. The van der Waals surface area contributed by atoms with Crippen LogP contribution in [0.3, 0.4) is 0 Å². The molecule has 1 aromatic rings. The quantitative estimate of drug-likeness (QED) is 0.442. The molecule has 0 spiro atoms. The van der Waals surface area contributed by atoms with E-state index in [4.69, 9.17) is 23.2 Å². The maximum atomic E-state index is 6.54. The SMILES string of the molecule is Cc1cc(Cl)c(C)c2c1CCC(C)CC2Cl. The normalized spacial score (nSPS) is 25.1. The summed E-state index contributed by atoms with van der Waals surface area (Å²) < 4.78 is 0. The average molecular weight is 257 g/mol. The molecule has 2 heteroatoms. The summed E-state index contributed by atoms with van der Waals surface area (Å²) in [7, 11) is 0. The van der Waals surface area contributed by atoms with Crippen molar-refractivity contribution in [1.29, 1.82) is 0 Å². The molecule has 2 unspecified atom stereocenters. The first-order valence-corrected chi connectivity index (χ1v) is 6.74. The molecule has 0 radical (unpaired) electrons. The Hall–Kier alpha value is -0.200. The zero-order valence-electron chi connectivity index (χ0n) is 10.1. The van der Waals surface area contributed by atoms with Crippen molar-refractivity contribution in [3.8, 4) is 0 Å². The Morgan fingerprint density at radius 2 is 2.00 bits per heavy atom. The van der Waals surface area contributed by atoms with Crippen LogP contribution in [-0.4, -0.2) is 0 Å². The van der Waals surface area contributed by atoms with Crippen molar-refractivity contribution in [3.63, 3.8) is 0 Å². The highest BCUT2D eigenvalue weighted by atomic mass is 35.5. The lowest BCUT2D eigenvalue weighted by Crippen LogP contribution is -2.01. The van der Waals surface area contributed by atoms with E-state index in [2.05, 4.69) is 26.8 Å². The molecule has 1 aromatic carbocycles. The summed E-state index contributed by atoms with van der Waals surface area (Å²) in [4.78, 5) is 0. The van der Waals surface area contributed by atoms with Crippen LogP contribution in [0.4, 0.5) is 0 Å². The van der Waals surface area contributed by atoms with Gasteiger partial charge in [0.15, 0.2) is 0 Å². The van der Waals surface area contributed by atoms with Crippen LogP contribution < -0.4 is 0 Å². The Balaban J connectivity index is 2.59. The molecular weight excluding hydrogens is 239 g/mol. The van der Waals surface area contributed by atoms with Gasteiger partial charge in [-0.1, -0.05) is 18.5 Å². The molecule has 0 saturated carbocycles. The number of rotatable bonds is 0. The van der Waals surface area contributed by atoms with E-state index in [1.165, 1.54) is 28.7 Å². The van der Waals surface area contributed by atoms with E-state index in [0.29, 0.717) is 5.92 Å². The van der Waals surface area contributed by atoms with Gasteiger partial charge in [0, 0.05) is 5.02 Å². The van der Waals surface area contributed by atoms with Gasteiger partial charge in [-0.15, -0.1) is 11.6 Å². The minimum absolute atomic E-state index is 0.130. The first-order chi connectivity index (χ1) is 7.50. The number of aryl methyl sites for hydroxylation is 1. The van der Waals surface area contributed by atoms with Gasteiger partial charge < -0.3 is 0 Å². The molecule has 0 saturated heterocycles. The molecule has 16 heavy (non-hydrogen) atoms. The second-order valence-electron chi connectivity index (χ2n) is 5.04. The van der Waals surface area contributed by atoms with Gasteiger partial charge in [-0.2, -0.15) is 0 Å². The number of alkyl halides is 1. The molecule has 0 aromatic heterocycles. The summed E-state index contributed by atoms with van der Waals surface area (Å²) in [5.41, 5.74) is 5.21. The van der Waals surface area contributed by atoms with E-state index in [9.17, 15) is 0 Å². The molecular formula is C14H18Cl2. The van der Waals surface area contributed by atoms with E-state index < -0.39 is 0 Å². The van der Waals surface area contributed by atoms with Crippen LogP contribution in [-0.2, 0) is 6.42 Å². The van der Waals surface area contributed by atoms with Crippen LogP contribution >= 0.6 is 23.2 Å². The maximum Gasteiger partial charge on any atom is 0.0593 e. The minimum atomic E-state index is 0.130. The smallest absolute Gasteiger partial charge is 0.0593 e. The number of fused-ring (bicyclic) bond motifs is 1. The van der Waals surface area contributed by atoms with Crippen LogP contribution in [0.15, 0.2) is 6.07 Å². The largest absolute Gasteiger partial charge is 0.118 e. The van der Waals surface area contributed by atoms with Gasteiger partial charge in [0.2, 0.25) is 0 Å². The van der Waals surface area contributed by atoms with Gasteiger partial charge in [-0.25, -0.2) is 0 Å². The monoisotopic (exact) mass is 256 g/mol. The Kier molecular flexibility index (Phi) is 3.51. The fraction of sp³-hybridized carbons (Fsp3) is 0.571. The van der Waals surface area contributed by atoms with E-state index in [0.717, 1.165) is 17.9 Å². The molecule has 0 amide bonds. The molecule has 0 aliphatic heterocycles. The summed E-state index contributed by atoms with van der Waals surface area (Å²) in [5.74, 6) is 0.701. The van der Waals surface area contributed by atoms with Crippen LogP contribution in [0.1, 0.15) is 47.4 Å². The second kappa shape index (κ2) is 4.58. The summed E-state index contributed by atoms with van der Waals surface area (Å²) in [5, 5.41) is 0.987. The van der Waals surface area contributed by atoms with Crippen molar-refractivity contribution < 1.29 is 0 Å². The Labute approximate surface area is 108 Å². The molecule has 2 atom stereocenters. The topological polar surface area (TPSA) is 0 Å². The van der Waals surface area contributed by atoms with Crippen molar-refractivity contribution in [2.75, 3.05) is 0 Å². The van der Waals surface area contributed by atoms with Crippen LogP contribution in [0.5, 0.6) is 0 Å². The molecule has 2 rings (SSSR count). The minimum Gasteiger partial charge on any atom is -0.118 e. The second-order valence-corrected chi connectivity index (χ2v) is 5.97. The number of halogens is 2. The first kappa shape index (κ1) is 12.3. The maximum absolute atomic E-state index is 6.54. The van der Waals surface area contributed by atoms with E-state index in [1.807, 2.05) is 0 Å². The van der Waals surface area contributed by atoms with Gasteiger partial charge in [0.05, 0.1) is 5.38 Å². The molecule has 0 fully saturated rings. The van der Waals surface area contributed by atoms with Crippen molar-refractivity contribution in [1.82, 2.24) is 0 Å². The molecule has 88 valence electrons. The number of hydrogen-bond donors (Lipinski definition) is 0. The highest BCUT2D eigenvalue weighted by Crippen LogP contribution is 2.41. The zero-order chi connectivity index (χ0) is 11.9. The van der Waals surface area contributed by atoms with E-state index in [1.54, 1.807) is 0 Å². The molecule has 0 nitrogen and oxygen atoms in total. The third-order valence-electron chi connectivity index (χ3n) is 3.72. The lowest BCUT2D eigenvalue weighted by molar-refractivity contribution is 0.503. The fourth-order valence-electron chi connectivity index (χ4n) is 2.69. The first-order valence-electron chi connectivity index (χ1n) is 5.93. The third kappa shape index (κ3) is 2.10. The summed E-state index contributed by atoms with van der Waals surface area (Å²) in [6.45, 7) is 6.52. The zero-order valence-corrected chi connectivity index (χ0v) is 11.6. The van der Waals surface area contributed by atoms with Crippen LogP contribution in [0.2, 0.25) is 5.02 Å². The van der Waals surface area contributed by atoms with Crippen molar-refractivity contribution >= 4 is 23.2 Å². The summed E-state index contributed by atoms with van der Waals surface area (Å²) >= 11 is 12.8. The summed E-state index contributed by atoms with van der Waals surface area (Å²) in [6.07, 6.45) is 3.44. The number of benzene rings is 1. The van der Waals surface area contributed by atoms with Crippen molar-refractivity contribution in [2.45, 2.75) is 45.4 Å². The molecule has 0 heterocycles. The Bertz CT molecular complexity index is 410. The molecule has 0 bridgehead atoms. The van der Waals surface area contributed by atoms with Gasteiger partial charge >= 0.3 is 0 Å². The highest BCUT2D eigenvalue weighted by Gasteiger charge is 2.24.